The van der Waals surface area contributed by atoms with E-state index in [0.717, 1.165) is 43.3 Å². The average Bonchev–Trinajstić information content (AvgIpc) is 3.12. The minimum atomic E-state index is -0.802. The van der Waals surface area contributed by atoms with Crippen LogP contribution in [0.1, 0.15) is 35.8 Å². The van der Waals surface area contributed by atoms with Crippen LogP contribution in [0.5, 0.6) is 0 Å². The van der Waals surface area contributed by atoms with Crippen molar-refractivity contribution in [3.8, 4) is 0 Å². The Balaban J connectivity index is 1.01. The number of halogens is 1. The van der Waals surface area contributed by atoms with Gasteiger partial charge in [-0.25, -0.2) is 9.59 Å². The molecule has 48 heavy (non-hydrogen) atoms. The Labute approximate surface area is 297 Å². The number of amides is 1. The summed E-state index contributed by atoms with van der Waals surface area (Å²) < 4.78 is 16.2. The van der Waals surface area contributed by atoms with Crippen LogP contribution in [0.4, 0.5) is 4.79 Å². The van der Waals surface area contributed by atoms with E-state index in [0.29, 0.717) is 18.1 Å². The van der Waals surface area contributed by atoms with Gasteiger partial charge in [0.1, 0.15) is 19.8 Å². The molecule has 1 aliphatic rings. The minimum Gasteiger partial charge on any atom is -0.463 e. The summed E-state index contributed by atoms with van der Waals surface area (Å²) in [4.78, 5) is 30.7. The Bertz CT molecular complexity index is 1370. The zero-order valence-corrected chi connectivity index (χ0v) is 30.0. The maximum Gasteiger partial charge on any atom is 0.409 e. The summed E-state index contributed by atoms with van der Waals surface area (Å²) in [6, 6.07) is 27.7. The summed E-state index contributed by atoms with van der Waals surface area (Å²) in [7, 11) is 4.71. The zero-order chi connectivity index (χ0) is 34.1. The Morgan fingerprint density at radius 3 is 2.00 bits per heavy atom. The molecule has 1 saturated heterocycles. The number of likely N-dealkylation sites (N-methyl/N-ethyl adjacent to an activating group) is 1. The molecule has 1 aliphatic heterocycles. The van der Waals surface area contributed by atoms with Crippen LogP contribution in [0, 0.1) is 0 Å². The molecule has 12 heteroatoms. The largest absolute Gasteiger partial charge is 0.463 e. The van der Waals surface area contributed by atoms with Gasteiger partial charge in [-0.3, -0.25) is 9.80 Å². The van der Waals surface area contributed by atoms with E-state index in [-0.39, 0.29) is 31.8 Å². The van der Waals surface area contributed by atoms with Crippen LogP contribution in [0.25, 0.3) is 0 Å². The summed E-state index contributed by atoms with van der Waals surface area (Å²) in [6.45, 7) is 7.18. The molecule has 0 saturated carbocycles. The molecule has 1 unspecified atom stereocenters. The highest BCUT2D eigenvalue weighted by Crippen LogP contribution is 2.30. The fourth-order valence-electron chi connectivity index (χ4n) is 5.41. The fraction of sp³-hybridized carbons (Fsp3) is 0.444. The van der Waals surface area contributed by atoms with Gasteiger partial charge in [0, 0.05) is 56.3 Å². The first-order valence-electron chi connectivity index (χ1n) is 16.2. The number of carbonyl (C=O) groups is 2. The highest BCUT2D eigenvalue weighted by atomic mass is 35.5. The molecule has 0 spiro atoms. The highest BCUT2D eigenvalue weighted by Gasteiger charge is 2.27. The molecule has 0 aliphatic carbocycles. The quantitative estimate of drug-likeness (QED) is 0.0936. The second-order valence-corrected chi connectivity index (χ2v) is 14.6. The van der Waals surface area contributed by atoms with Crippen LogP contribution in [0.15, 0.2) is 84.9 Å². The maximum atomic E-state index is 12.4. The third-order valence-electron chi connectivity index (χ3n) is 8.25. The summed E-state index contributed by atoms with van der Waals surface area (Å²) in [5, 5.41) is 11.3. The summed E-state index contributed by atoms with van der Waals surface area (Å²) in [5.41, 5.74) is 3.25. The molecule has 0 bridgehead atoms. The van der Waals surface area contributed by atoms with E-state index in [2.05, 4.69) is 46.2 Å². The number of esters is 1. The Kier molecular flexibility index (Phi) is 16.4. The number of carbonyl (C=O) groups excluding carboxylic acids is 2. The van der Waals surface area contributed by atoms with E-state index < -0.39 is 18.2 Å². The second-order valence-electron chi connectivity index (χ2n) is 11.5. The van der Waals surface area contributed by atoms with E-state index in [4.69, 9.17) is 25.8 Å². The first-order chi connectivity index (χ1) is 23.3. The van der Waals surface area contributed by atoms with Crippen LogP contribution < -0.4 is 0 Å². The summed E-state index contributed by atoms with van der Waals surface area (Å²) in [5.74, 6) is 0.844. The van der Waals surface area contributed by atoms with Crippen LogP contribution in [0.2, 0.25) is 5.02 Å². The van der Waals surface area contributed by atoms with Gasteiger partial charge in [-0.1, -0.05) is 106 Å². The van der Waals surface area contributed by atoms with Crippen molar-refractivity contribution >= 4 is 45.3 Å². The molecule has 9 nitrogen and oxygen atoms in total. The standard InChI is InChI=1S/C36H46ClN3O6S2/c1-28(35(42)31-11-7-4-8-12-31)38(2)36(43)46-24-26-48-47-25-23-45-33(41)27-44-22-21-39-17-19-40(20-18-39)34(29-9-5-3-6-10-29)30-13-15-32(37)16-14-30/h3-16,28,34-35,42H,17-27H2,1-2H3/t28-,34?,35+/m0/s1. The van der Waals surface area contributed by atoms with Gasteiger partial charge in [0.05, 0.1) is 24.8 Å². The summed E-state index contributed by atoms with van der Waals surface area (Å²) in [6.07, 6.45) is -1.28. The second kappa shape index (κ2) is 20.7. The van der Waals surface area contributed by atoms with Gasteiger partial charge in [-0.15, -0.1) is 0 Å². The lowest BCUT2D eigenvalue weighted by molar-refractivity contribution is -0.148. The van der Waals surface area contributed by atoms with Gasteiger partial charge in [-0.05, 0) is 35.7 Å². The van der Waals surface area contributed by atoms with Gasteiger partial charge in [-0.2, -0.15) is 0 Å². The molecule has 0 aromatic heterocycles. The molecule has 1 heterocycles. The molecular formula is C36H46ClN3O6S2. The van der Waals surface area contributed by atoms with Crippen molar-refractivity contribution in [2.45, 2.75) is 25.1 Å². The highest BCUT2D eigenvalue weighted by molar-refractivity contribution is 8.76. The normalized spacial score (nSPS) is 15.8. The third-order valence-corrected chi connectivity index (χ3v) is 10.8. The van der Waals surface area contributed by atoms with Crippen molar-refractivity contribution in [2.24, 2.45) is 0 Å². The molecule has 4 rings (SSSR count). The van der Waals surface area contributed by atoms with E-state index in [1.807, 2.05) is 48.5 Å². The van der Waals surface area contributed by atoms with Gasteiger partial charge in [0.2, 0.25) is 0 Å². The predicted molar refractivity (Wildman–Crippen MR) is 194 cm³/mol. The van der Waals surface area contributed by atoms with Crippen molar-refractivity contribution in [1.29, 1.82) is 0 Å². The number of benzene rings is 3. The zero-order valence-electron chi connectivity index (χ0n) is 27.6. The first kappa shape index (κ1) is 38.0. The van der Waals surface area contributed by atoms with Crippen molar-refractivity contribution in [1.82, 2.24) is 14.7 Å². The summed E-state index contributed by atoms with van der Waals surface area (Å²) >= 11 is 6.16. The Hall–Kier alpha value is -2.77. The molecule has 260 valence electrons. The maximum absolute atomic E-state index is 12.4. The third kappa shape index (κ3) is 12.3. The fourth-order valence-corrected chi connectivity index (χ4v) is 7.19. The molecular weight excluding hydrogens is 670 g/mol. The van der Waals surface area contributed by atoms with E-state index in [1.165, 1.54) is 16.0 Å². The van der Waals surface area contributed by atoms with Crippen molar-refractivity contribution in [3.63, 3.8) is 0 Å². The molecule has 1 N–H and O–H groups in total. The number of ether oxygens (including phenoxy) is 3. The molecule has 0 radical (unpaired) electrons. The number of nitrogens with zero attached hydrogens (tertiary/aromatic N) is 3. The molecule has 1 amide bonds. The Morgan fingerprint density at radius 2 is 1.38 bits per heavy atom. The van der Waals surface area contributed by atoms with Crippen LogP contribution in [-0.2, 0) is 19.0 Å². The number of aliphatic hydroxyl groups is 1. The van der Waals surface area contributed by atoms with Gasteiger partial charge < -0.3 is 24.2 Å². The van der Waals surface area contributed by atoms with Crippen LogP contribution >= 0.6 is 33.2 Å². The van der Waals surface area contributed by atoms with Crippen molar-refractivity contribution < 1.29 is 28.9 Å². The molecule has 3 aromatic rings. The lowest BCUT2D eigenvalue weighted by Gasteiger charge is -2.39. The molecule has 1 fully saturated rings. The smallest absolute Gasteiger partial charge is 0.409 e. The topological polar surface area (TPSA) is 91.8 Å². The van der Waals surface area contributed by atoms with Gasteiger partial charge in [0.15, 0.2) is 0 Å². The van der Waals surface area contributed by atoms with E-state index in [1.54, 1.807) is 35.6 Å². The van der Waals surface area contributed by atoms with Gasteiger partial charge >= 0.3 is 12.1 Å². The lowest BCUT2D eigenvalue weighted by atomic mass is 9.96. The van der Waals surface area contributed by atoms with E-state index >= 15 is 0 Å². The monoisotopic (exact) mass is 715 g/mol. The lowest BCUT2D eigenvalue weighted by Crippen LogP contribution is -2.48. The van der Waals surface area contributed by atoms with Crippen molar-refractivity contribution in [3.05, 3.63) is 107 Å². The predicted octanol–water partition coefficient (Wildman–Crippen LogP) is 6.18. The average molecular weight is 716 g/mol. The van der Waals surface area contributed by atoms with Crippen LogP contribution in [-0.4, -0.2) is 116 Å². The Morgan fingerprint density at radius 1 is 0.812 bits per heavy atom. The van der Waals surface area contributed by atoms with E-state index in [9.17, 15) is 14.7 Å². The first-order valence-corrected chi connectivity index (χ1v) is 19.1. The number of piperazine rings is 1. The minimum absolute atomic E-state index is 0.0642. The van der Waals surface area contributed by atoms with Gasteiger partial charge in [0.25, 0.3) is 0 Å². The number of hydrogen-bond acceptors (Lipinski definition) is 10. The van der Waals surface area contributed by atoms with Crippen LogP contribution in [0.3, 0.4) is 0 Å². The number of hydrogen-bond donors (Lipinski definition) is 1. The molecule has 3 atom stereocenters. The number of rotatable bonds is 18. The SMILES string of the molecule is C[C@@H]([C@@H](O)c1ccccc1)N(C)C(=O)OCCSSCCOC(=O)COCCN1CCN(C(c2ccccc2)c2ccc(Cl)cc2)CC1. The van der Waals surface area contributed by atoms with Crippen molar-refractivity contribution in [2.75, 3.05) is 77.7 Å². The number of aliphatic hydroxyl groups excluding tert-OH is 1. The molecule has 3 aromatic carbocycles.